The van der Waals surface area contributed by atoms with Crippen LogP contribution in [0.5, 0.6) is 5.75 Å². The van der Waals surface area contributed by atoms with Crippen LogP contribution in [0.25, 0.3) is 0 Å². The normalized spacial score (nSPS) is 27.8. The Labute approximate surface area is 187 Å². The molecule has 8 nitrogen and oxygen atoms in total. The number of benzene rings is 1. The molecule has 174 valence electrons. The van der Waals surface area contributed by atoms with E-state index in [1.807, 2.05) is 0 Å². The lowest BCUT2D eigenvalue weighted by atomic mass is 9.96. The Kier molecular flexibility index (Phi) is 5.00. The van der Waals surface area contributed by atoms with Crippen LogP contribution in [0.1, 0.15) is 46.7 Å². The van der Waals surface area contributed by atoms with E-state index < -0.39 is 40.9 Å². The van der Waals surface area contributed by atoms with Gasteiger partial charge >= 0.3 is 0 Å². The second-order valence-electron chi connectivity index (χ2n) is 9.00. The van der Waals surface area contributed by atoms with Crippen LogP contribution in [0.4, 0.5) is 8.78 Å². The zero-order chi connectivity index (χ0) is 23.6. The summed E-state index contributed by atoms with van der Waals surface area (Å²) in [5.41, 5.74) is -1.52. The Balaban J connectivity index is 1.44. The van der Waals surface area contributed by atoms with Gasteiger partial charge in [-0.15, -0.1) is 0 Å². The van der Waals surface area contributed by atoms with E-state index in [0.29, 0.717) is 12.5 Å². The van der Waals surface area contributed by atoms with Gasteiger partial charge < -0.3 is 24.6 Å². The first-order valence-corrected chi connectivity index (χ1v) is 10.8. The molecule has 1 aromatic carbocycles. The number of hydrogen-bond donors (Lipinski definition) is 2. The van der Waals surface area contributed by atoms with E-state index in [1.54, 1.807) is 4.90 Å². The van der Waals surface area contributed by atoms with E-state index in [0.717, 1.165) is 6.07 Å². The van der Waals surface area contributed by atoms with E-state index in [9.17, 15) is 28.3 Å². The smallest absolute Gasteiger partial charge is 0.276 e. The highest BCUT2D eigenvalue weighted by Gasteiger charge is 2.53. The van der Waals surface area contributed by atoms with Gasteiger partial charge in [0.15, 0.2) is 17.7 Å². The third-order valence-corrected chi connectivity index (χ3v) is 7.24. The van der Waals surface area contributed by atoms with Gasteiger partial charge in [-0.25, -0.2) is 8.78 Å². The zero-order valence-electron chi connectivity index (χ0n) is 18.0. The van der Waals surface area contributed by atoms with E-state index in [-0.39, 0.29) is 53.9 Å². The van der Waals surface area contributed by atoms with Crippen molar-refractivity contribution in [2.75, 3.05) is 0 Å². The number of pyridine rings is 1. The first-order chi connectivity index (χ1) is 15.7. The maximum atomic E-state index is 13.8. The van der Waals surface area contributed by atoms with Crippen molar-refractivity contribution >= 4 is 11.8 Å². The molecular weight excluding hydrogens is 436 g/mol. The maximum absolute atomic E-state index is 13.8. The highest BCUT2D eigenvalue weighted by Crippen LogP contribution is 2.44. The number of nitrogens with one attached hydrogen (secondary N) is 1. The van der Waals surface area contributed by atoms with Gasteiger partial charge in [0.05, 0.1) is 12.6 Å². The van der Waals surface area contributed by atoms with Crippen LogP contribution in [-0.2, 0) is 17.8 Å². The van der Waals surface area contributed by atoms with Crippen molar-refractivity contribution in [3.05, 3.63) is 63.1 Å². The molecule has 2 aromatic rings. The molecule has 2 fully saturated rings. The van der Waals surface area contributed by atoms with Crippen LogP contribution >= 0.6 is 0 Å². The average molecular weight is 459 g/mol. The maximum Gasteiger partial charge on any atom is 0.276 e. The minimum atomic E-state index is -0.992. The summed E-state index contributed by atoms with van der Waals surface area (Å²) in [7, 11) is 0. The first-order valence-electron chi connectivity index (χ1n) is 10.8. The number of aromatic hydroxyl groups is 1. The molecular formula is C23H23F2N3O5. The van der Waals surface area contributed by atoms with Gasteiger partial charge in [-0.1, -0.05) is 19.9 Å². The molecule has 1 saturated heterocycles. The van der Waals surface area contributed by atoms with Crippen molar-refractivity contribution in [2.45, 2.75) is 51.7 Å². The van der Waals surface area contributed by atoms with E-state index in [1.165, 1.54) is 16.8 Å². The average Bonchev–Trinajstić information content (AvgIpc) is 2.99. The number of carbonyl (C=O) groups is 2. The molecule has 5 atom stereocenters. The summed E-state index contributed by atoms with van der Waals surface area (Å²) in [4.78, 5) is 40.3. The lowest BCUT2D eigenvalue weighted by molar-refractivity contribution is -0.138. The number of aromatic nitrogens is 1. The number of nitrogens with zero attached hydrogens (tertiary/aromatic N) is 2. The molecule has 3 heterocycles. The predicted octanol–water partition coefficient (Wildman–Crippen LogP) is 1.99. The molecule has 1 saturated carbocycles. The Morgan fingerprint density at radius 3 is 2.73 bits per heavy atom. The molecule has 1 aliphatic carbocycles. The van der Waals surface area contributed by atoms with Gasteiger partial charge in [-0.05, 0) is 24.3 Å². The summed E-state index contributed by atoms with van der Waals surface area (Å²) in [6, 6.07) is 2.89. The van der Waals surface area contributed by atoms with Crippen LogP contribution < -0.4 is 10.7 Å². The van der Waals surface area contributed by atoms with E-state index >= 15 is 0 Å². The topological polar surface area (TPSA) is 101 Å². The van der Waals surface area contributed by atoms with Gasteiger partial charge in [0.2, 0.25) is 5.43 Å². The first kappa shape index (κ1) is 21.6. The van der Waals surface area contributed by atoms with E-state index in [4.69, 9.17) is 4.74 Å². The Bertz CT molecular complexity index is 1230. The predicted molar refractivity (Wildman–Crippen MR) is 111 cm³/mol. The molecule has 0 spiro atoms. The van der Waals surface area contributed by atoms with Gasteiger partial charge in [0.25, 0.3) is 11.8 Å². The zero-order valence-corrected chi connectivity index (χ0v) is 18.0. The van der Waals surface area contributed by atoms with Crippen LogP contribution in [0.3, 0.4) is 0 Å². The lowest BCUT2D eigenvalue weighted by Crippen LogP contribution is -2.58. The molecule has 2 aliphatic heterocycles. The molecule has 2 amide bonds. The number of hydrogen-bond acceptors (Lipinski definition) is 5. The van der Waals surface area contributed by atoms with Crippen molar-refractivity contribution < 1.29 is 28.2 Å². The summed E-state index contributed by atoms with van der Waals surface area (Å²) in [6.45, 7) is 4.02. The molecule has 2 bridgehead atoms. The standard InChI is InChI=1S/C23H23F2N3O5/c1-10-11(2)17-6-16(10)28-18(33-17)9-27-8-14(20(29)21(30)19(27)23(28)32)22(31)26-7-12-3-4-13(24)5-15(12)25/h3-5,8,10-11,16-18,30H,6-7,9H2,1-2H3,(H,26,31)/t10-,11+,16-,17+,18?/m0/s1. The fourth-order valence-corrected chi connectivity index (χ4v) is 5.20. The summed E-state index contributed by atoms with van der Waals surface area (Å²) in [6.07, 6.45) is 1.38. The monoisotopic (exact) mass is 459 g/mol. The fourth-order valence-electron chi connectivity index (χ4n) is 5.20. The molecule has 5 rings (SSSR count). The van der Waals surface area contributed by atoms with Crippen molar-refractivity contribution in [2.24, 2.45) is 11.8 Å². The summed E-state index contributed by atoms with van der Waals surface area (Å²) in [5, 5.41) is 13.0. The number of rotatable bonds is 3. The lowest BCUT2D eigenvalue weighted by Gasteiger charge is -2.45. The second-order valence-corrected chi connectivity index (χ2v) is 9.00. The number of ether oxygens (including phenoxy) is 1. The van der Waals surface area contributed by atoms with Crippen molar-refractivity contribution in [1.82, 2.24) is 14.8 Å². The van der Waals surface area contributed by atoms with Gasteiger partial charge in [0, 0.05) is 30.4 Å². The van der Waals surface area contributed by atoms with Crippen LogP contribution in [0.15, 0.2) is 29.2 Å². The molecule has 33 heavy (non-hydrogen) atoms. The van der Waals surface area contributed by atoms with Crippen LogP contribution in [-0.4, -0.2) is 44.8 Å². The quantitative estimate of drug-likeness (QED) is 0.731. The molecule has 10 heteroatoms. The van der Waals surface area contributed by atoms with Gasteiger partial charge in [-0.3, -0.25) is 14.4 Å². The second kappa shape index (κ2) is 7.65. The van der Waals surface area contributed by atoms with E-state index in [2.05, 4.69) is 19.2 Å². The minimum Gasteiger partial charge on any atom is -0.503 e. The molecule has 1 aromatic heterocycles. The van der Waals surface area contributed by atoms with Crippen molar-refractivity contribution in [3.8, 4) is 5.75 Å². The number of amides is 2. The summed E-state index contributed by atoms with van der Waals surface area (Å²) in [5.74, 6) is -3.28. The minimum absolute atomic E-state index is 0.0157. The summed E-state index contributed by atoms with van der Waals surface area (Å²) < 4.78 is 34.4. The SMILES string of the molecule is C[C@@H]1[C@H](C)[C@@H]2C[C@H]1OC1Cn3cc(C(=O)NCc4ccc(F)cc4F)c(=O)c(O)c3C(=O)N12. The molecule has 0 radical (unpaired) electrons. The van der Waals surface area contributed by atoms with Crippen molar-refractivity contribution in [1.29, 1.82) is 0 Å². The Morgan fingerprint density at radius 1 is 1.24 bits per heavy atom. The largest absolute Gasteiger partial charge is 0.503 e. The molecule has 3 aliphatic rings. The van der Waals surface area contributed by atoms with Gasteiger partial charge in [-0.2, -0.15) is 0 Å². The third-order valence-electron chi connectivity index (χ3n) is 7.24. The van der Waals surface area contributed by atoms with Crippen molar-refractivity contribution in [3.63, 3.8) is 0 Å². The number of fused-ring (bicyclic) bond motifs is 5. The van der Waals surface area contributed by atoms with Crippen LogP contribution in [0, 0.1) is 23.5 Å². The molecule has 2 N–H and O–H groups in total. The Morgan fingerprint density at radius 2 is 2.00 bits per heavy atom. The van der Waals surface area contributed by atoms with Gasteiger partial charge in [0.1, 0.15) is 17.2 Å². The summed E-state index contributed by atoms with van der Waals surface area (Å²) >= 11 is 0. The molecule has 1 unspecified atom stereocenters. The van der Waals surface area contributed by atoms with Crippen LogP contribution in [0.2, 0.25) is 0 Å². The Hall–Kier alpha value is -3.27. The highest BCUT2D eigenvalue weighted by molar-refractivity contribution is 5.99. The highest BCUT2D eigenvalue weighted by atomic mass is 19.1. The fraction of sp³-hybridized carbons (Fsp3) is 0.435. The number of halogens is 2. The number of carbonyl (C=O) groups excluding carboxylic acids is 2. The third kappa shape index (κ3) is 3.31.